The van der Waals surface area contributed by atoms with Crippen LogP contribution in [0.25, 0.3) is 0 Å². The highest BCUT2D eigenvalue weighted by Crippen LogP contribution is 2.36. The van der Waals surface area contributed by atoms with Crippen molar-refractivity contribution in [1.82, 2.24) is 0 Å². The van der Waals surface area contributed by atoms with Gasteiger partial charge in [-0.05, 0) is 54.2 Å². The van der Waals surface area contributed by atoms with E-state index >= 15 is 0 Å². The number of hydrogen-bond donors (Lipinski definition) is 0. The van der Waals surface area contributed by atoms with Crippen molar-refractivity contribution in [3.8, 4) is 0 Å². The van der Waals surface area contributed by atoms with Crippen LogP contribution >= 0.6 is 34.8 Å². The highest BCUT2D eigenvalue weighted by atomic mass is 35.5. The summed E-state index contributed by atoms with van der Waals surface area (Å²) in [5.41, 5.74) is 3.73. The van der Waals surface area contributed by atoms with Gasteiger partial charge in [0.05, 0.1) is 25.3 Å². The maximum atomic E-state index is 10.6. The van der Waals surface area contributed by atoms with Crippen LogP contribution in [0.3, 0.4) is 0 Å². The van der Waals surface area contributed by atoms with Crippen LogP contribution in [0.5, 0.6) is 0 Å². The first kappa shape index (κ1) is 29.6. The summed E-state index contributed by atoms with van der Waals surface area (Å²) in [7, 11) is 0.178. The molecule has 0 saturated heterocycles. The van der Waals surface area contributed by atoms with Crippen LogP contribution in [0.2, 0.25) is 20.4 Å². The first-order valence-electron chi connectivity index (χ1n) is 11.5. The molecule has 0 radical (unpaired) electrons. The topological polar surface area (TPSA) is 26.3 Å². The van der Waals surface area contributed by atoms with Gasteiger partial charge in [0.25, 0.3) is 0 Å². The van der Waals surface area contributed by atoms with Crippen molar-refractivity contribution in [2.75, 3.05) is 24.9 Å². The Morgan fingerprint density at radius 1 is 0.743 bits per heavy atom. The number of benzene rings is 3. The van der Waals surface area contributed by atoms with E-state index < -0.39 is 6.15 Å². The first-order chi connectivity index (χ1) is 16.4. The summed E-state index contributed by atoms with van der Waals surface area (Å²) in [6.45, 7) is 9.16. The summed E-state index contributed by atoms with van der Waals surface area (Å²) < 4.78 is 4.72. The van der Waals surface area contributed by atoms with Gasteiger partial charge in [0.2, 0.25) is 5.75 Å². The van der Waals surface area contributed by atoms with E-state index in [9.17, 15) is 4.79 Å². The van der Waals surface area contributed by atoms with Gasteiger partial charge in [-0.3, -0.25) is 0 Å². The molecule has 3 aromatic rings. The third kappa shape index (κ3) is 7.70. The lowest BCUT2D eigenvalue weighted by molar-refractivity contribution is -0.139. The van der Waals surface area contributed by atoms with E-state index in [4.69, 9.17) is 39.5 Å². The Balaban J connectivity index is 0.000000410. The lowest BCUT2D eigenvalue weighted by Gasteiger charge is -2.54. The molecule has 188 valence electrons. The third-order valence-corrected chi connectivity index (χ3v) is 7.69. The zero-order valence-electron chi connectivity index (χ0n) is 21.3. The van der Waals surface area contributed by atoms with Crippen molar-refractivity contribution in [2.24, 2.45) is 0 Å². The van der Waals surface area contributed by atoms with Gasteiger partial charge in [-0.25, -0.2) is 4.79 Å². The number of esters is 1. The van der Waals surface area contributed by atoms with Crippen molar-refractivity contribution in [1.29, 1.82) is 0 Å². The number of hydrogen-bond acceptors (Lipinski definition) is 2. The predicted molar refractivity (Wildman–Crippen MR) is 159 cm³/mol. The van der Waals surface area contributed by atoms with Crippen LogP contribution in [0.15, 0.2) is 72.8 Å². The normalized spacial score (nSPS) is 11.6. The molecular weight excluding hydrogens is 518 g/mol. The fourth-order valence-corrected chi connectivity index (χ4v) is 5.70. The molecule has 0 heterocycles. The van der Waals surface area contributed by atoms with Gasteiger partial charge in [0, 0.05) is 15.1 Å². The van der Waals surface area contributed by atoms with Gasteiger partial charge in [-0.2, -0.15) is 16.4 Å². The Kier molecular flexibility index (Phi) is 11.1. The third-order valence-electron chi connectivity index (χ3n) is 6.12. The van der Waals surface area contributed by atoms with Crippen LogP contribution in [0.4, 0.5) is 0 Å². The largest absolute Gasteiger partial charge is 0.463 e. The minimum Gasteiger partial charge on any atom is -0.463 e. The fourth-order valence-electron chi connectivity index (χ4n) is 4.77. The van der Waals surface area contributed by atoms with Crippen molar-refractivity contribution in [3.63, 3.8) is 0 Å². The zero-order chi connectivity index (χ0) is 26.2. The Hall–Kier alpha value is -1.59. The predicted octanol–water partition coefficient (Wildman–Crippen LogP) is 6.34. The molecule has 2 nitrogen and oxygen atoms in total. The second-order valence-corrected chi connectivity index (χ2v) is 13.4. The zero-order valence-corrected chi connectivity index (χ0v) is 24.4. The van der Waals surface area contributed by atoms with E-state index in [-0.39, 0.29) is 22.2 Å². The number of carbonyl (C=O) groups is 1. The molecule has 0 atom stereocenters. The maximum absolute atomic E-state index is 10.6. The summed E-state index contributed by atoms with van der Waals surface area (Å²) in [5.74, 6) is 0.485. The summed E-state index contributed by atoms with van der Waals surface area (Å²) in [6, 6.07) is 24.6. The number of rotatable bonds is 6. The van der Waals surface area contributed by atoms with Crippen molar-refractivity contribution >= 4 is 74.2 Å². The van der Waals surface area contributed by atoms with Crippen LogP contribution in [-0.4, -0.2) is 37.0 Å². The van der Waals surface area contributed by atoms with Crippen molar-refractivity contribution < 1.29 is 9.53 Å². The SMILES string of the molecule is CC(C)(C)[B-](c1ccc(Cl)cc1)(c1ccc(Cl)cc1)c1ccc(Cl)cc1.CCOC(=O)C[S+](C)C. The lowest BCUT2D eigenvalue weighted by atomic mass is 9.07. The molecule has 0 fully saturated rings. The monoisotopic (exact) mass is 550 g/mol. The molecule has 35 heavy (non-hydrogen) atoms. The summed E-state index contributed by atoms with van der Waals surface area (Å²) in [4.78, 5) is 10.6. The van der Waals surface area contributed by atoms with Crippen LogP contribution in [0, 0.1) is 0 Å². The van der Waals surface area contributed by atoms with Crippen molar-refractivity contribution in [3.05, 3.63) is 87.9 Å². The minimum atomic E-state index is -1.28. The second kappa shape index (κ2) is 13.1. The molecule has 0 bridgehead atoms. The Morgan fingerprint density at radius 2 is 1.06 bits per heavy atom. The average molecular weight is 552 g/mol. The Bertz CT molecular complexity index is 966. The van der Waals surface area contributed by atoms with E-state index in [2.05, 4.69) is 57.2 Å². The summed E-state index contributed by atoms with van der Waals surface area (Å²) in [6.07, 6.45) is 2.77. The molecule has 0 spiro atoms. The molecule has 7 heteroatoms. The minimum absolute atomic E-state index is 0.0600. The molecule has 0 aliphatic rings. The van der Waals surface area contributed by atoms with Gasteiger partial charge in [-0.1, -0.05) is 92.0 Å². The number of carbonyl (C=O) groups excluding carboxylic acids is 1. The highest BCUT2D eigenvalue weighted by Gasteiger charge is 2.39. The number of ether oxygens (including phenoxy) is 1. The summed E-state index contributed by atoms with van der Waals surface area (Å²) >= 11 is 18.5. The molecule has 0 saturated carbocycles. The van der Waals surface area contributed by atoms with E-state index in [1.165, 1.54) is 16.4 Å². The van der Waals surface area contributed by atoms with Crippen molar-refractivity contribution in [2.45, 2.75) is 33.0 Å². The molecule has 0 N–H and O–H groups in total. The van der Waals surface area contributed by atoms with E-state index in [0.29, 0.717) is 12.4 Å². The Labute approximate surface area is 228 Å². The van der Waals surface area contributed by atoms with Crippen LogP contribution in [0.1, 0.15) is 27.7 Å². The molecular formula is C28H34BCl3O2S. The van der Waals surface area contributed by atoms with Gasteiger partial charge in [0.15, 0.2) is 0 Å². The lowest BCUT2D eigenvalue weighted by Crippen LogP contribution is -2.72. The first-order valence-corrected chi connectivity index (χ1v) is 14.9. The molecule has 0 amide bonds. The molecule has 3 rings (SSSR count). The smallest absolute Gasteiger partial charge is 0.356 e. The quantitative estimate of drug-likeness (QED) is 0.203. The van der Waals surface area contributed by atoms with Gasteiger partial charge < -0.3 is 4.74 Å². The van der Waals surface area contributed by atoms with Crippen LogP contribution < -0.4 is 16.4 Å². The fraction of sp³-hybridized carbons (Fsp3) is 0.321. The van der Waals surface area contributed by atoms with E-state index in [1.54, 1.807) is 0 Å². The van der Waals surface area contributed by atoms with Crippen LogP contribution in [-0.2, 0) is 20.4 Å². The summed E-state index contributed by atoms with van der Waals surface area (Å²) in [5, 5.41) is 2.15. The Morgan fingerprint density at radius 3 is 1.29 bits per heavy atom. The second-order valence-electron chi connectivity index (χ2n) is 9.82. The number of halogens is 3. The van der Waals surface area contributed by atoms with E-state index in [0.717, 1.165) is 15.1 Å². The van der Waals surface area contributed by atoms with Gasteiger partial charge >= 0.3 is 5.97 Å². The molecule has 0 unspecified atom stereocenters. The maximum Gasteiger partial charge on any atom is 0.356 e. The standard InChI is InChI=1S/C22H21BCl3.C6H13O2S/c1-22(2,3)23(16-4-10-19(24)11-5-16,17-6-12-20(25)13-7-17)18-8-14-21(26)15-9-18;1-4-8-6(7)5-9(2)3/h4-15H,1-3H3;4-5H2,1-3H3/q-1;+1. The molecule has 3 aromatic carbocycles. The molecule has 0 aromatic heterocycles. The van der Waals surface area contributed by atoms with Gasteiger partial charge in [0.1, 0.15) is 0 Å². The average Bonchev–Trinajstić information content (AvgIpc) is 2.77. The highest BCUT2D eigenvalue weighted by molar-refractivity contribution is 7.96. The van der Waals surface area contributed by atoms with E-state index in [1.807, 2.05) is 55.8 Å². The molecule has 0 aliphatic heterocycles. The van der Waals surface area contributed by atoms with Gasteiger partial charge in [-0.15, -0.1) is 5.31 Å². The molecule has 0 aliphatic carbocycles.